The van der Waals surface area contributed by atoms with Gasteiger partial charge in [0.1, 0.15) is 0 Å². The van der Waals surface area contributed by atoms with Crippen LogP contribution in [0.4, 0.5) is 4.79 Å². The normalized spacial score (nSPS) is 11.5. The van der Waals surface area contributed by atoms with Crippen molar-refractivity contribution >= 4 is 23.6 Å². The Bertz CT molecular complexity index is 420. The van der Waals surface area contributed by atoms with E-state index in [9.17, 15) is 9.59 Å². The van der Waals surface area contributed by atoms with Crippen molar-refractivity contribution in [3.05, 3.63) is 34.9 Å². The van der Waals surface area contributed by atoms with Crippen LogP contribution in [0.15, 0.2) is 24.3 Å². The summed E-state index contributed by atoms with van der Waals surface area (Å²) in [5.41, 5.74) is 0.858. The zero-order chi connectivity index (χ0) is 13.5. The van der Waals surface area contributed by atoms with E-state index in [0.29, 0.717) is 11.4 Å². The summed E-state index contributed by atoms with van der Waals surface area (Å²) < 4.78 is 4.99. The Hall–Kier alpha value is -1.75. The molecule has 0 spiro atoms. The highest BCUT2D eigenvalue weighted by Crippen LogP contribution is 2.12. The topological polar surface area (TPSA) is 67.4 Å². The number of likely N-dealkylation sites (N-methyl/N-ethyl adjacent to an activating group) is 1. The van der Waals surface area contributed by atoms with E-state index in [1.807, 2.05) is 0 Å². The van der Waals surface area contributed by atoms with Crippen LogP contribution in [-0.4, -0.2) is 32.2 Å². The van der Waals surface area contributed by atoms with Crippen LogP contribution in [0.1, 0.15) is 5.56 Å². The minimum Gasteiger partial charge on any atom is -0.436 e. The third-order valence-corrected chi connectivity index (χ3v) is 2.58. The van der Waals surface area contributed by atoms with E-state index in [4.69, 9.17) is 16.3 Å². The molecule has 0 aromatic heterocycles. The average molecular weight is 271 g/mol. The van der Waals surface area contributed by atoms with Crippen LogP contribution in [0, 0.1) is 0 Å². The van der Waals surface area contributed by atoms with Gasteiger partial charge in [0.2, 0.25) is 0 Å². The van der Waals surface area contributed by atoms with Crippen molar-refractivity contribution in [2.45, 2.75) is 12.5 Å². The number of nitrogens with one attached hydrogen (secondary N) is 2. The molecule has 1 atom stereocenters. The standard InChI is InChI=1S/C12H15ClN2O3/c1-14-11(16)10(18-12(17)15-2)7-8-3-5-9(13)6-4-8/h3-6,10H,7H2,1-2H3,(H,14,16)(H,15,17). The van der Waals surface area contributed by atoms with Gasteiger partial charge in [0.25, 0.3) is 5.91 Å². The summed E-state index contributed by atoms with van der Waals surface area (Å²) in [7, 11) is 2.93. The van der Waals surface area contributed by atoms with Gasteiger partial charge in [-0.25, -0.2) is 4.79 Å². The number of carbonyl (C=O) groups excluding carboxylic acids is 2. The molecule has 5 nitrogen and oxygen atoms in total. The molecule has 0 heterocycles. The second kappa shape index (κ2) is 6.86. The molecule has 1 rings (SSSR count). The average Bonchev–Trinajstić information content (AvgIpc) is 2.39. The van der Waals surface area contributed by atoms with Gasteiger partial charge < -0.3 is 15.4 Å². The number of ether oxygens (including phenoxy) is 1. The summed E-state index contributed by atoms with van der Waals surface area (Å²) in [5.74, 6) is -0.353. The van der Waals surface area contributed by atoms with Crippen LogP contribution in [-0.2, 0) is 16.0 Å². The van der Waals surface area contributed by atoms with E-state index < -0.39 is 12.2 Å². The van der Waals surface area contributed by atoms with E-state index in [0.717, 1.165) is 5.56 Å². The molecule has 0 saturated heterocycles. The molecule has 1 aromatic rings. The van der Waals surface area contributed by atoms with Gasteiger partial charge in [-0.15, -0.1) is 0 Å². The molecule has 6 heteroatoms. The molecule has 2 N–H and O–H groups in total. The maximum Gasteiger partial charge on any atom is 0.407 e. The monoisotopic (exact) mass is 270 g/mol. The second-order valence-corrected chi connectivity index (χ2v) is 4.03. The van der Waals surface area contributed by atoms with Gasteiger partial charge in [0.15, 0.2) is 6.10 Å². The molecule has 0 aliphatic carbocycles. The minimum atomic E-state index is -0.865. The van der Waals surface area contributed by atoms with E-state index >= 15 is 0 Å². The molecule has 18 heavy (non-hydrogen) atoms. The number of amides is 2. The van der Waals surface area contributed by atoms with Gasteiger partial charge in [0.05, 0.1) is 0 Å². The fraction of sp³-hybridized carbons (Fsp3) is 0.333. The Morgan fingerprint density at radius 1 is 1.22 bits per heavy atom. The highest BCUT2D eigenvalue weighted by atomic mass is 35.5. The summed E-state index contributed by atoms with van der Waals surface area (Å²) in [6, 6.07) is 7.01. The maximum absolute atomic E-state index is 11.6. The predicted molar refractivity (Wildman–Crippen MR) is 68.6 cm³/mol. The van der Waals surface area contributed by atoms with Gasteiger partial charge >= 0.3 is 6.09 Å². The molecule has 98 valence electrons. The highest BCUT2D eigenvalue weighted by molar-refractivity contribution is 6.30. The van der Waals surface area contributed by atoms with Crippen molar-refractivity contribution in [3.8, 4) is 0 Å². The Kier molecular flexibility index (Phi) is 5.45. The summed E-state index contributed by atoms with van der Waals surface area (Å²) in [6.45, 7) is 0. The fourth-order valence-corrected chi connectivity index (χ4v) is 1.50. The molecular formula is C12H15ClN2O3. The van der Waals surface area contributed by atoms with Gasteiger partial charge in [-0.05, 0) is 17.7 Å². The third-order valence-electron chi connectivity index (χ3n) is 2.33. The van der Waals surface area contributed by atoms with Crippen molar-refractivity contribution in [1.82, 2.24) is 10.6 Å². The lowest BCUT2D eigenvalue weighted by Crippen LogP contribution is -2.39. The van der Waals surface area contributed by atoms with Crippen molar-refractivity contribution in [1.29, 1.82) is 0 Å². The highest BCUT2D eigenvalue weighted by Gasteiger charge is 2.21. The van der Waals surface area contributed by atoms with Gasteiger partial charge in [-0.2, -0.15) is 0 Å². The molecule has 2 amide bonds. The van der Waals surface area contributed by atoms with Crippen molar-refractivity contribution in [3.63, 3.8) is 0 Å². The first-order chi connectivity index (χ1) is 8.56. The van der Waals surface area contributed by atoms with Crippen molar-refractivity contribution in [2.75, 3.05) is 14.1 Å². The van der Waals surface area contributed by atoms with Gasteiger partial charge in [-0.1, -0.05) is 23.7 Å². The number of carbonyl (C=O) groups is 2. The minimum absolute atomic E-state index is 0.296. The Labute approximate surface area is 110 Å². The predicted octanol–water partition coefficient (Wildman–Crippen LogP) is 1.35. The quantitative estimate of drug-likeness (QED) is 0.868. The second-order valence-electron chi connectivity index (χ2n) is 3.59. The number of hydrogen-bond donors (Lipinski definition) is 2. The van der Waals surface area contributed by atoms with Crippen molar-refractivity contribution < 1.29 is 14.3 Å². The first-order valence-corrected chi connectivity index (χ1v) is 5.79. The smallest absolute Gasteiger partial charge is 0.407 e. The molecule has 0 aliphatic rings. The molecule has 0 aliphatic heterocycles. The van der Waals surface area contributed by atoms with Gasteiger partial charge in [-0.3, -0.25) is 4.79 Å². The largest absolute Gasteiger partial charge is 0.436 e. The summed E-state index contributed by atoms with van der Waals surface area (Å²) >= 11 is 5.77. The fourth-order valence-electron chi connectivity index (χ4n) is 1.37. The first kappa shape index (κ1) is 14.3. The number of rotatable bonds is 4. The number of halogens is 1. The number of benzene rings is 1. The van der Waals surface area contributed by atoms with Crippen LogP contribution in [0.2, 0.25) is 5.02 Å². The van der Waals surface area contributed by atoms with E-state index in [-0.39, 0.29) is 5.91 Å². The van der Waals surface area contributed by atoms with Crippen molar-refractivity contribution in [2.24, 2.45) is 0 Å². The zero-order valence-corrected chi connectivity index (χ0v) is 11.0. The molecule has 1 unspecified atom stereocenters. The summed E-state index contributed by atoms with van der Waals surface area (Å²) in [4.78, 5) is 22.7. The van der Waals surface area contributed by atoms with Crippen LogP contribution < -0.4 is 10.6 Å². The van der Waals surface area contributed by atoms with Crippen LogP contribution in [0.5, 0.6) is 0 Å². The SMILES string of the molecule is CNC(=O)OC(Cc1ccc(Cl)cc1)C(=O)NC. The molecule has 0 radical (unpaired) electrons. The summed E-state index contributed by atoms with van der Waals surface area (Å²) in [6.07, 6.45) is -1.21. The number of hydrogen-bond acceptors (Lipinski definition) is 3. The lowest BCUT2D eigenvalue weighted by Gasteiger charge is -2.16. The lowest BCUT2D eigenvalue weighted by atomic mass is 10.1. The van der Waals surface area contributed by atoms with E-state index in [2.05, 4.69) is 10.6 Å². The Morgan fingerprint density at radius 3 is 2.33 bits per heavy atom. The third kappa shape index (κ3) is 4.25. The maximum atomic E-state index is 11.6. The van der Waals surface area contributed by atoms with Gasteiger partial charge in [0, 0.05) is 25.5 Å². The molecule has 0 bridgehead atoms. The lowest BCUT2D eigenvalue weighted by molar-refractivity contribution is -0.128. The first-order valence-electron chi connectivity index (χ1n) is 5.41. The zero-order valence-electron chi connectivity index (χ0n) is 10.2. The number of alkyl carbamates (subject to hydrolysis) is 1. The van der Waals surface area contributed by atoms with Crippen LogP contribution in [0.3, 0.4) is 0 Å². The van der Waals surface area contributed by atoms with E-state index in [1.54, 1.807) is 24.3 Å². The van der Waals surface area contributed by atoms with E-state index in [1.165, 1.54) is 14.1 Å². The summed E-state index contributed by atoms with van der Waals surface area (Å²) in [5, 5.41) is 5.38. The molecule has 0 fully saturated rings. The van der Waals surface area contributed by atoms with Crippen LogP contribution in [0.25, 0.3) is 0 Å². The molecule has 1 aromatic carbocycles. The molecular weight excluding hydrogens is 256 g/mol. The Balaban J connectivity index is 2.74. The Morgan fingerprint density at radius 2 is 1.83 bits per heavy atom. The molecule has 0 saturated carbocycles. The van der Waals surface area contributed by atoms with Crippen LogP contribution >= 0.6 is 11.6 Å².